The van der Waals surface area contributed by atoms with Crippen molar-refractivity contribution in [3.63, 3.8) is 0 Å². The molecule has 0 saturated heterocycles. The van der Waals surface area contributed by atoms with Gasteiger partial charge in [-0.25, -0.2) is 4.52 Å². The van der Waals surface area contributed by atoms with Crippen LogP contribution >= 0.6 is 0 Å². The molecule has 0 amide bonds. The quantitative estimate of drug-likeness (QED) is 0.618. The number of hydrogen-bond donors (Lipinski definition) is 1. The van der Waals surface area contributed by atoms with Crippen LogP contribution in [0.4, 0.5) is 0 Å². The van der Waals surface area contributed by atoms with Crippen LogP contribution in [0.15, 0.2) is 71.8 Å². The summed E-state index contributed by atoms with van der Waals surface area (Å²) < 4.78 is 3.21. The standard InChI is InChI=1S/C21H19N3O2/c1-15-6-5-7-16(12-15)13-23-10-11-24-20(21(23)26)18(14-25)19(22-24)17-8-3-2-4-9-17/h2-12,25H,13-14H2,1H3. The molecule has 5 heteroatoms. The van der Waals surface area contributed by atoms with Gasteiger partial charge in [-0.3, -0.25) is 4.79 Å². The minimum absolute atomic E-state index is 0.160. The van der Waals surface area contributed by atoms with Gasteiger partial charge in [-0.05, 0) is 12.5 Å². The van der Waals surface area contributed by atoms with Gasteiger partial charge in [0.25, 0.3) is 5.56 Å². The minimum Gasteiger partial charge on any atom is -0.392 e. The average Bonchev–Trinajstić information content (AvgIpc) is 3.04. The van der Waals surface area contributed by atoms with Crippen LogP contribution in [0.2, 0.25) is 0 Å². The van der Waals surface area contributed by atoms with Gasteiger partial charge in [-0.2, -0.15) is 5.10 Å². The number of fused-ring (bicyclic) bond motifs is 1. The number of aliphatic hydroxyl groups excluding tert-OH is 1. The van der Waals surface area contributed by atoms with Crippen LogP contribution in [0.25, 0.3) is 16.8 Å². The van der Waals surface area contributed by atoms with Crippen LogP contribution in [0.1, 0.15) is 16.7 Å². The number of nitrogens with zero attached hydrogens (tertiary/aromatic N) is 3. The number of aliphatic hydroxyl groups is 1. The van der Waals surface area contributed by atoms with Gasteiger partial charge in [0, 0.05) is 23.5 Å². The monoisotopic (exact) mass is 345 g/mol. The van der Waals surface area contributed by atoms with Gasteiger partial charge < -0.3 is 9.67 Å². The first kappa shape index (κ1) is 16.3. The summed E-state index contributed by atoms with van der Waals surface area (Å²) in [7, 11) is 0. The van der Waals surface area contributed by atoms with Crippen molar-refractivity contribution in [2.45, 2.75) is 20.1 Å². The van der Waals surface area contributed by atoms with E-state index in [4.69, 9.17) is 0 Å². The van der Waals surface area contributed by atoms with Gasteiger partial charge in [0.15, 0.2) is 0 Å². The molecule has 0 bridgehead atoms. The summed E-state index contributed by atoms with van der Waals surface area (Å²) in [5.74, 6) is 0. The van der Waals surface area contributed by atoms with Gasteiger partial charge >= 0.3 is 0 Å². The van der Waals surface area contributed by atoms with Crippen LogP contribution < -0.4 is 5.56 Å². The van der Waals surface area contributed by atoms with E-state index in [0.717, 1.165) is 16.7 Å². The van der Waals surface area contributed by atoms with Gasteiger partial charge in [-0.1, -0.05) is 60.2 Å². The first-order chi connectivity index (χ1) is 12.7. The largest absolute Gasteiger partial charge is 0.392 e. The van der Waals surface area contributed by atoms with E-state index in [1.165, 1.54) is 0 Å². The Morgan fingerprint density at radius 2 is 1.85 bits per heavy atom. The Morgan fingerprint density at radius 3 is 2.58 bits per heavy atom. The third kappa shape index (κ3) is 2.82. The second-order valence-corrected chi connectivity index (χ2v) is 6.36. The van der Waals surface area contributed by atoms with Crippen LogP contribution in [-0.2, 0) is 13.2 Å². The summed E-state index contributed by atoms with van der Waals surface area (Å²) in [5, 5.41) is 14.4. The zero-order valence-electron chi connectivity index (χ0n) is 14.5. The Balaban J connectivity index is 1.86. The first-order valence-electron chi connectivity index (χ1n) is 8.50. The highest BCUT2D eigenvalue weighted by Gasteiger charge is 2.17. The number of hydrogen-bond acceptors (Lipinski definition) is 3. The summed E-state index contributed by atoms with van der Waals surface area (Å²) in [4.78, 5) is 13.0. The lowest BCUT2D eigenvalue weighted by molar-refractivity contribution is 0.283. The lowest BCUT2D eigenvalue weighted by Crippen LogP contribution is -2.22. The summed E-state index contributed by atoms with van der Waals surface area (Å²) >= 11 is 0. The highest BCUT2D eigenvalue weighted by molar-refractivity contribution is 5.72. The SMILES string of the molecule is Cc1cccc(Cn2ccn3nc(-c4ccccc4)c(CO)c3c2=O)c1. The lowest BCUT2D eigenvalue weighted by Gasteiger charge is -2.07. The van der Waals surface area contributed by atoms with Gasteiger partial charge in [0.2, 0.25) is 0 Å². The maximum Gasteiger partial charge on any atom is 0.277 e. The van der Waals surface area contributed by atoms with Crippen molar-refractivity contribution < 1.29 is 5.11 Å². The average molecular weight is 345 g/mol. The molecule has 0 aliphatic heterocycles. The molecule has 2 heterocycles. The fourth-order valence-electron chi connectivity index (χ4n) is 3.26. The van der Waals surface area contributed by atoms with Crippen molar-refractivity contribution in [2.75, 3.05) is 0 Å². The Labute approximate surface area is 150 Å². The molecule has 0 radical (unpaired) electrons. The van der Waals surface area contributed by atoms with Gasteiger partial charge in [-0.15, -0.1) is 0 Å². The summed E-state index contributed by atoms with van der Waals surface area (Å²) in [6.07, 6.45) is 3.50. The Hall–Kier alpha value is -3.18. The third-order valence-electron chi connectivity index (χ3n) is 4.50. The van der Waals surface area contributed by atoms with E-state index < -0.39 is 0 Å². The van der Waals surface area contributed by atoms with Crippen molar-refractivity contribution in [2.24, 2.45) is 0 Å². The molecule has 0 spiro atoms. The predicted molar refractivity (Wildman–Crippen MR) is 101 cm³/mol. The molecule has 4 rings (SSSR count). The number of aromatic nitrogens is 3. The fraction of sp³-hybridized carbons (Fsp3) is 0.143. The zero-order valence-corrected chi connectivity index (χ0v) is 14.5. The van der Waals surface area contributed by atoms with E-state index in [2.05, 4.69) is 11.2 Å². The molecule has 130 valence electrons. The molecule has 0 aliphatic carbocycles. The maximum atomic E-state index is 13.0. The molecule has 2 aromatic heterocycles. The van der Waals surface area contributed by atoms with E-state index in [-0.39, 0.29) is 12.2 Å². The van der Waals surface area contributed by atoms with Gasteiger partial charge in [0.1, 0.15) is 5.52 Å². The summed E-state index contributed by atoms with van der Waals surface area (Å²) in [5.41, 5.74) is 4.55. The highest BCUT2D eigenvalue weighted by Crippen LogP contribution is 2.24. The van der Waals surface area contributed by atoms with Crippen LogP contribution in [0.3, 0.4) is 0 Å². The summed E-state index contributed by atoms with van der Waals surface area (Å²) in [6, 6.07) is 17.7. The Kier molecular flexibility index (Phi) is 4.14. The molecule has 26 heavy (non-hydrogen) atoms. The molecule has 4 aromatic rings. The van der Waals surface area contributed by atoms with Crippen LogP contribution in [-0.4, -0.2) is 19.3 Å². The van der Waals surface area contributed by atoms with Crippen molar-refractivity contribution in [1.29, 1.82) is 0 Å². The topological polar surface area (TPSA) is 59.5 Å². The van der Waals surface area contributed by atoms with Crippen LogP contribution in [0, 0.1) is 6.92 Å². The molecular weight excluding hydrogens is 326 g/mol. The first-order valence-corrected chi connectivity index (χ1v) is 8.50. The third-order valence-corrected chi connectivity index (χ3v) is 4.50. The van der Waals surface area contributed by atoms with E-state index in [9.17, 15) is 9.90 Å². The van der Waals surface area contributed by atoms with Crippen molar-refractivity contribution in [3.8, 4) is 11.3 Å². The predicted octanol–water partition coefficient (Wildman–Crippen LogP) is 3.01. The summed E-state index contributed by atoms with van der Waals surface area (Å²) in [6.45, 7) is 2.27. The molecule has 5 nitrogen and oxygen atoms in total. The van der Waals surface area contributed by atoms with Gasteiger partial charge in [0.05, 0.1) is 18.8 Å². The molecule has 0 atom stereocenters. The Morgan fingerprint density at radius 1 is 1.04 bits per heavy atom. The van der Waals surface area contributed by atoms with Crippen molar-refractivity contribution >= 4 is 5.52 Å². The fourth-order valence-corrected chi connectivity index (χ4v) is 3.26. The number of benzene rings is 2. The molecule has 0 aliphatic rings. The minimum atomic E-state index is -0.239. The molecule has 2 aromatic carbocycles. The van der Waals surface area contributed by atoms with Crippen LogP contribution in [0.5, 0.6) is 0 Å². The molecular formula is C21H19N3O2. The van der Waals surface area contributed by atoms with Crippen molar-refractivity contribution in [1.82, 2.24) is 14.2 Å². The highest BCUT2D eigenvalue weighted by atomic mass is 16.3. The second kappa shape index (κ2) is 6.61. The second-order valence-electron chi connectivity index (χ2n) is 6.36. The molecule has 0 fully saturated rings. The zero-order chi connectivity index (χ0) is 18.1. The maximum absolute atomic E-state index is 13.0. The Bertz CT molecular complexity index is 1130. The molecule has 0 saturated carbocycles. The lowest BCUT2D eigenvalue weighted by atomic mass is 10.1. The van der Waals surface area contributed by atoms with Crippen molar-refractivity contribution in [3.05, 3.63) is 94.0 Å². The smallest absolute Gasteiger partial charge is 0.277 e. The van der Waals surface area contributed by atoms with E-state index >= 15 is 0 Å². The molecule has 1 N–H and O–H groups in total. The van der Waals surface area contributed by atoms with E-state index in [1.807, 2.05) is 55.5 Å². The number of aryl methyl sites for hydroxylation is 1. The normalized spacial score (nSPS) is 11.2. The molecule has 0 unspecified atom stereocenters. The van der Waals surface area contributed by atoms with E-state index in [1.54, 1.807) is 21.5 Å². The number of rotatable bonds is 4. The van der Waals surface area contributed by atoms with E-state index in [0.29, 0.717) is 23.3 Å².